The number of nitrogens with one attached hydrogen (secondary N) is 1. The zero-order valence-electron chi connectivity index (χ0n) is 9.50. The van der Waals surface area contributed by atoms with E-state index in [1.165, 1.54) is 0 Å². The van der Waals surface area contributed by atoms with Crippen LogP contribution in [0.4, 0.5) is 5.82 Å². The van der Waals surface area contributed by atoms with Crippen LogP contribution in [-0.4, -0.2) is 17.1 Å². The molecule has 0 atom stereocenters. The van der Waals surface area contributed by atoms with E-state index in [1.807, 2.05) is 39.2 Å². The number of carbonyl (C=O) groups excluding carboxylic acids is 1. The van der Waals surface area contributed by atoms with Gasteiger partial charge in [0, 0.05) is 5.41 Å². The molecule has 0 spiro atoms. The summed E-state index contributed by atoms with van der Waals surface area (Å²) in [4.78, 5) is 16.0. The van der Waals surface area contributed by atoms with Crippen molar-refractivity contribution in [1.82, 2.24) is 4.98 Å². The van der Waals surface area contributed by atoms with Crippen LogP contribution in [-0.2, 0) is 4.79 Å². The molecule has 1 aromatic rings. The molecular weight excluding hydrogens is 208 g/mol. The lowest BCUT2D eigenvalue weighted by molar-refractivity contribution is -0.123. The van der Waals surface area contributed by atoms with E-state index in [4.69, 9.17) is 0 Å². The Morgan fingerprint density at radius 2 is 2.07 bits per heavy atom. The summed E-state index contributed by atoms with van der Waals surface area (Å²) in [5.41, 5.74) is -0.392. The van der Waals surface area contributed by atoms with Crippen LogP contribution in [0.1, 0.15) is 20.8 Å². The van der Waals surface area contributed by atoms with Crippen molar-refractivity contribution >= 4 is 23.5 Å². The molecule has 3 nitrogen and oxygen atoms in total. The number of nitrogens with zero attached hydrogens (tertiary/aromatic N) is 1. The van der Waals surface area contributed by atoms with Gasteiger partial charge in [-0.1, -0.05) is 26.8 Å². The second-order valence-electron chi connectivity index (χ2n) is 4.27. The lowest BCUT2D eigenvalue weighted by Gasteiger charge is -2.17. The fraction of sp³-hybridized carbons (Fsp3) is 0.455. The van der Waals surface area contributed by atoms with Gasteiger partial charge in [0.05, 0.1) is 5.03 Å². The first kappa shape index (κ1) is 12.0. The Kier molecular flexibility index (Phi) is 3.74. The first-order valence-electron chi connectivity index (χ1n) is 4.76. The number of hydrogen-bond donors (Lipinski definition) is 1. The molecule has 0 aliphatic rings. The van der Waals surface area contributed by atoms with Crippen LogP contribution in [0.25, 0.3) is 0 Å². The van der Waals surface area contributed by atoms with Crippen LogP contribution in [0.15, 0.2) is 23.2 Å². The lowest BCUT2D eigenvalue weighted by atomic mass is 9.96. The van der Waals surface area contributed by atoms with Crippen molar-refractivity contribution < 1.29 is 4.79 Å². The summed E-state index contributed by atoms with van der Waals surface area (Å²) >= 11 is 1.56. The number of aromatic nitrogens is 1. The van der Waals surface area contributed by atoms with Gasteiger partial charge in [-0.2, -0.15) is 0 Å². The summed E-state index contributed by atoms with van der Waals surface area (Å²) < 4.78 is 0. The molecule has 0 unspecified atom stereocenters. The minimum atomic E-state index is -0.392. The second kappa shape index (κ2) is 4.66. The lowest BCUT2D eigenvalue weighted by Crippen LogP contribution is -2.28. The highest BCUT2D eigenvalue weighted by Gasteiger charge is 2.21. The van der Waals surface area contributed by atoms with Crippen LogP contribution in [0.5, 0.6) is 0 Å². The Balaban J connectivity index is 2.77. The Hall–Kier alpha value is -1.03. The van der Waals surface area contributed by atoms with Crippen LogP contribution in [0.3, 0.4) is 0 Å². The molecule has 0 aliphatic heterocycles. The second-order valence-corrected chi connectivity index (χ2v) is 5.10. The average Bonchev–Trinajstić information content (AvgIpc) is 2.16. The molecule has 1 rings (SSSR count). The molecule has 1 aromatic heterocycles. The van der Waals surface area contributed by atoms with Crippen molar-refractivity contribution in [3.8, 4) is 0 Å². The molecule has 82 valence electrons. The fourth-order valence-electron chi connectivity index (χ4n) is 0.902. The van der Waals surface area contributed by atoms with Gasteiger partial charge in [0.15, 0.2) is 0 Å². The number of thioether (sulfide) groups is 1. The maximum absolute atomic E-state index is 11.7. The third-order valence-corrected chi connectivity index (χ3v) is 2.50. The number of anilines is 1. The molecule has 1 N–H and O–H groups in total. The van der Waals surface area contributed by atoms with E-state index >= 15 is 0 Å². The number of pyridine rings is 1. The van der Waals surface area contributed by atoms with Gasteiger partial charge >= 0.3 is 0 Å². The molecule has 1 amide bonds. The molecular formula is C11H16N2OS. The van der Waals surface area contributed by atoms with E-state index in [1.54, 1.807) is 17.8 Å². The average molecular weight is 224 g/mol. The molecule has 0 fully saturated rings. The van der Waals surface area contributed by atoms with Crippen LogP contribution in [0.2, 0.25) is 0 Å². The molecule has 4 heteroatoms. The number of hydrogen-bond acceptors (Lipinski definition) is 3. The SMILES string of the molecule is CSc1cccc(NC(=O)C(C)(C)C)n1. The van der Waals surface area contributed by atoms with Gasteiger partial charge in [0.2, 0.25) is 5.91 Å². The van der Waals surface area contributed by atoms with Gasteiger partial charge in [-0.3, -0.25) is 4.79 Å². The van der Waals surface area contributed by atoms with E-state index in [0.29, 0.717) is 5.82 Å². The highest BCUT2D eigenvalue weighted by atomic mass is 32.2. The molecule has 0 radical (unpaired) electrons. The van der Waals surface area contributed by atoms with Gasteiger partial charge in [0.1, 0.15) is 5.82 Å². The maximum atomic E-state index is 11.7. The molecule has 0 aromatic carbocycles. The standard InChI is InChI=1S/C11H16N2OS/c1-11(2,3)10(14)13-8-6-5-7-9(12-8)15-4/h5-7H,1-4H3,(H,12,13,14). The Morgan fingerprint density at radius 3 is 2.60 bits per heavy atom. The zero-order valence-corrected chi connectivity index (χ0v) is 10.3. The number of rotatable bonds is 2. The third kappa shape index (κ3) is 3.55. The van der Waals surface area contributed by atoms with Crippen molar-refractivity contribution in [2.75, 3.05) is 11.6 Å². The summed E-state index contributed by atoms with van der Waals surface area (Å²) in [5, 5.41) is 3.70. The minimum Gasteiger partial charge on any atom is -0.310 e. The van der Waals surface area contributed by atoms with Gasteiger partial charge in [-0.25, -0.2) is 4.98 Å². The maximum Gasteiger partial charge on any atom is 0.230 e. The highest BCUT2D eigenvalue weighted by molar-refractivity contribution is 7.98. The van der Waals surface area contributed by atoms with Crippen LogP contribution < -0.4 is 5.32 Å². The largest absolute Gasteiger partial charge is 0.310 e. The van der Waals surface area contributed by atoms with Crippen molar-refractivity contribution in [1.29, 1.82) is 0 Å². The van der Waals surface area contributed by atoms with Crippen molar-refractivity contribution in [2.24, 2.45) is 5.41 Å². The highest BCUT2D eigenvalue weighted by Crippen LogP contribution is 2.18. The molecule has 1 heterocycles. The summed E-state index contributed by atoms with van der Waals surface area (Å²) in [6.07, 6.45) is 1.96. The zero-order chi connectivity index (χ0) is 11.5. The monoisotopic (exact) mass is 224 g/mol. The Bertz CT molecular complexity index is 358. The first-order valence-corrected chi connectivity index (χ1v) is 5.98. The van der Waals surface area contributed by atoms with E-state index in [2.05, 4.69) is 10.3 Å². The van der Waals surface area contributed by atoms with Gasteiger partial charge < -0.3 is 5.32 Å². The predicted molar refractivity (Wildman–Crippen MR) is 64.1 cm³/mol. The molecule has 0 aliphatic carbocycles. The quantitative estimate of drug-likeness (QED) is 0.785. The van der Waals surface area contributed by atoms with Crippen molar-refractivity contribution in [3.63, 3.8) is 0 Å². The van der Waals surface area contributed by atoms with Gasteiger partial charge in [-0.15, -0.1) is 11.8 Å². The summed E-state index contributed by atoms with van der Waals surface area (Å²) in [5.74, 6) is 0.593. The Labute approximate surface area is 94.7 Å². The van der Waals surface area contributed by atoms with E-state index in [-0.39, 0.29) is 5.91 Å². The van der Waals surface area contributed by atoms with Crippen molar-refractivity contribution in [2.45, 2.75) is 25.8 Å². The molecule has 0 saturated carbocycles. The molecule has 0 bridgehead atoms. The molecule has 0 saturated heterocycles. The predicted octanol–water partition coefficient (Wildman–Crippen LogP) is 2.79. The van der Waals surface area contributed by atoms with E-state index in [9.17, 15) is 4.79 Å². The smallest absolute Gasteiger partial charge is 0.230 e. The molecule has 15 heavy (non-hydrogen) atoms. The third-order valence-electron chi connectivity index (χ3n) is 1.86. The normalized spacial score (nSPS) is 11.2. The van der Waals surface area contributed by atoms with Crippen LogP contribution >= 0.6 is 11.8 Å². The summed E-state index contributed by atoms with van der Waals surface area (Å²) in [6, 6.07) is 5.60. The Morgan fingerprint density at radius 1 is 1.40 bits per heavy atom. The summed E-state index contributed by atoms with van der Waals surface area (Å²) in [6.45, 7) is 5.63. The van der Waals surface area contributed by atoms with Gasteiger partial charge in [-0.05, 0) is 18.4 Å². The van der Waals surface area contributed by atoms with E-state index < -0.39 is 5.41 Å². The fourth-order valence-corrected chi connectivity index (χ4v) is 1.31. The van der Waals surface area contributed by atoms with Crippen LogP contribution in [0, 0.1) is 5.41 Å². The van der Waals surface area contributed by atoms with Gasteiger partial charge in [0.25, 0.3) is 0 Å². The topological polar surface area (TPSA) is 42.0 Å². The first-order chi connectivity index (χ1) is 6.93. The van der Waals surface area contributed by atoms with E-state index in [0.717, 1.165) is 5.03 Å². The number of carbonyl (C=O) groups is 1. The minimum absolute atomic E-state index is 0.0201. The number of amides is 1. The van der Waals surface area contributed by atoms with Crippen molar-refractivity contribution in [3.05, 3.63) is 18.2 Å². The summed E-state index contributed by atoms with van der Waals surface area (Å²) in [7, 11) is 0.